The molecule has 0 saturated heterocycles. The van der Waals surface area contributed by atoms with Gasteiger partial charge in [-0.05, 0) is 35.9 Å². The zero-order chi connectivity index (χ0) is 18.1. The largest absolute Gasteiger partial charge is 0.294 e. The number of carbonyl (C=O) groups excluding carboxylic acids is 1. The third-order valence-electron chi connectivity index (χ3n) is 4.00. The van der Waals surface area contributed by atoms with Crippen LogP contribution in [0.4, 0.5) is 14.5 Å². The molecule has 2 aliphatic rings. The molecule has 1 N–H and O–H groups in total. The number of nitrogens with one attached hydrogen (secondary N) is 1. The van der Waals surface area contributed by atoms with Crippen molar-refractivity contribution in [2.75, 3.05) is 4.90 Å². The minimum Gasteiger partial charge on any atom is -0.294 e. The lowest BCUT2D eigenvalue weighted by atomic mass is 10.2. The molecule has 0 fully saturated rings. The Balaban J connectivity index is 1.47. The topological polar surface area (TPSA) is 47.9 Å². The van der Waals surface area contributed by atoms with Crippen LogP contribution in [0.1, 0.15) is 5.56 Å². The zero-order valence-electron chi connectivity index (χ0n) is 13.5. The van der Waals surface area contributed by atoms with Crippen molar-refractivity contribution < 1.29 is 13.6 Å². The van der Waals surface area contributed by atoms with Crippen LogP contribution in [0, 0.1) is 11.6 Å². The standard InChI is InChI=1S/C18H14F2N4OS/c19-13-6-4-12(5-7-13)11-26-18-22-21-16-17(25)23(8-9-24(16)18)15-3-1-2-14(20)10-15/h1-10,16,21H,11H2. The molecule has 2 heterocycles. The van der Waals surface area contributed by atoms with Gasteiger partial charge >= 0.3 is 0 Å². The van der Waals surface area contributed by atoms with E-state index in [0.717, 1.165) is 5.56 Å². The Morgan fingerprint density at radius 1 is 1.08 bits per heavy atom. The van der Waals surface area contributed by atoms with Gasteiger partial charge in [-0.15, -0.1) is 0 Å². The lowest BCUT2D eigenvalue weighted by Crippen LogP contribution is -2.52. The van der Waals surface area contributed by atoms with E-state index in [2.05, 4.69) is 10.5 Å². The second-order valence-corrected chi connectivity index (χ2v) is 6.68. The van der Waals surface area contributed by atoms with E-state index in [1.807, 2.05) is 0 Å². The van der Waals surface area contributed by atoms with Crippen molar-refractivity contribution in [2.24, 2.45) is 5.10 Å². The maximum atomic E-state index is 13.4. The van der Waals surface area contributed by atoms with E-state index in [-0.39, 0.29) is 11.7 Å². The summed E-state index contributed by atoms with van der Waals surface area (Å²) in [7, 11) is 0. The zero-order valence-corrected chi connectivity index (χ0v) is 14.3. The van der Waals surface area contributed by atoms with Crippen molar-refractivity contribution in [3.8, 4) is 0 Å². The Hall–Kier alpha value is -2.87. The third-order valence-corrected chi connectivity index (χ3v) is 5.03. The van der Waals surface area contributed by atoms with Crippen LogP contribution in [0.3, 0.4) is 0 Å². The number of amidine groups is 1. The van der Waals surface area contributed by atoms with Crippen molar-refractivity contribution >= 4 is 28.5 Å². The molecule has 2 aromatic rings. The highest BCUT2D eigenvalue weighted by molar-refractivity contribution is 8.13. The van der Waals surface area contributed by atoms with Gasteiger partial charge in [-0.3, -0.25) is 20.0 Å². The molecule has 1 atom stereocenters. The first-order chi connectivity index (χ1) is 12.6. The van der Waals surface area contributed by atoms with Crippen LogP contribution in [0.5, 0.6) is 0 Å². The number of anilines is 1. The van der Waals surface area contributed by atoms with Crippen molar-refractivity contribution in [1.82, 2.24) is 10.3 Å². The number of hydrogen-bond donors (Lipinski definition) is 1. The third kappa shape index (κ3) is 3.15. The fraction of sp³-hybridized carbons (Fsp3) is 0.111. The molecule has 8 heteroatoms. The first-order valence-corrected chi connectivity index (χ1v) is 8.86. The highest BCUT2D eigenvalue weighted by Crippen LogP contribution is 2.27. The molecule has 5 nitrogen and oxygen atoms in total. The van der Waals surface area contributed by atoms with Crippen molar-refractivity contribution in [2.45, 2.75) is 11.9 Å². The second kappa shape index (κ2) is 6.80. The van der Waals surface area contributed by atoms with Gasteiger partial charge in [0.25, 0.3) is 5.91 Å². The monoisotopic (exact) mass is 372 g/mol. The SMILES string of the molecule is O=C1C2NN=C(SCc3ccc(F)cc3)N2C=CN1c1cccc(F)c1. The Labute approximate surface area is 153 Å². The molecule has 1 amide bonds. The molecule has 0 spiro atoms. The molecule has 26 heavy (non-hydrogen) atoms. The number of hydrogen-bond acceptors (Lipinski definition) is 5. The van der Waals surface area contributed by atoms with E-state index in [9.17, 15) is 13.6 Å². The molecule has 132 valence electrons. The van der Waals surface area contributed by atoms with Gasteiger partial charge in [-0.2, -0.15) is 5.10 Å². The van der Waals surface area contributed by atoms with E-state index in [4.69, 9.17) is 0 Å². The van der Waals surface area contributed by atoms with Gasteiger partial charge in [0.15, 0.2) is 5.17 Å². The summed E-state index contributed by atoms with van der Waals surface area (Å²) >= 11 is 1.44. The number of rotatable bonds is 3. The highest BCUT2D eigenvalue weighted by Gasteiger charge is 2.38. The quantitative estimate of drug-likeness (QED) is 0.899. The number of benzene rings is 2. The molecule has 2 aliphatic heterocycles. The van der Waals surface area contributed by atoms with Gasteiger partial charge in [0.1, 0.15) is 11.6 Å². The number of fused-ring (bicyclic) bond motifs is 1. The molecule has 2 aromatic carbocycles. The number of amides is 1. The fourth-order valence-electron chi connectivity index (χ4n) is 2.69. The molecule has 0 radical (unpaired) electrons. The Kier molecular flexibility index (Phi) is 4.34. The number of thioether (sulfide) groups is 1. The van der Waals surface area contributed by atoms with Crippen molar-refractivity contribution in [1.29, 1.82) is 0 Å². The van der Waals surface area contributed by atoms with E-state index in [1.54, 1.807) is 41.6 Å². The first-order valence-electron chi connectivity index (χ1n) is 7.87. The lowest BCUT2D eigenvalue weighted by Gasteiger charge is -2.31. The first kappa shape index (κ1) is 16.6. The lowest BCUT2D eigenvalue weighted by molar-refractivity contribution is -0.122. The van der Waals surface area contributed by atoms with Gasteiger partial charge in [0.05, 0.1) is 5.69 Å². The summed E-state index contributed by atoms with van der Waals surface area (Å²) in [5, 5.41) is 4.86. The summed E-state index contributed by atoms with van der Waals surface area (Å²) in [6, 6.07) is 12.1. The Morgan fingerprint density at radius 3 is 2.65 bits per heavy atom. The van der Waals surface area contributed by atoms with Crippen LogP contribution >= 0.6 is 11.8 Å². The summed E-state index contributed by atoms with van der Waals surface area (Å²) in [5.41, 5.74) is 4.23. The van der Waals surface area contributed by atoms with Crippen LogP contribution in [-0.4, -0.2) is 22.1 Å². The molecule has 0 bridgehead atoms. The molecule has 0 saturated carbocycles. The predicted octanol–water partition coefficient (Wildman–Crippen LogP) is 3.22. The minimum absolute atomic E-state index is 0.251. The van der Waals surface area contributed by atoms with Gasteiger partial charge < -0.3 is 0 Å². The Bertz CT molecular complexity index is 900. The maximum Gasteiger partial charge on any atom is 0.276 e. The van der Waals surface area contributed by atoms with Gasteiger partial charge in [0.2, 0.25) is 6.17 Å². The van der Waals surface area contributed by atoms with Crippen LogP contribution in [0.15, 0.2) is 66.0 Å². The van der Waals surface area contributed by atoms with E-state index in [1.165, 1.54) is 40.9 Å². The normalized spacial score (nSPS) is 18.6. The molecule has 0 aromatic heterocycles. The molecule has 1 unspecified atom stereocenters. The molecule has 0 aliphatic carbocycles. The molecule has 4 rings (SSSR count). The summed E-state index contributed by atoms with van der Waals surface area (Å²) in [6.45, 7) is 0. The summed E-state index contributed by atoms with van der Waals surface area (Å²) in [5.74, 6) is -0.336. The van der Waals surface area contributed by atoms with E-state index in [0.29, 0.717) is 16.6 Å². The van der Waals surface area contributed by atoms with Crippen LogP contribution in [0.25, 0.3) is 0 Å². The number of halogens is 2. The van der Waals surface area contributed by atoms with Crippen LogP contribution in [0.2, 0.25) is 0 Å². The minimum atomic E-state index is -0.668. The number of carbonyl (C=O) groups is 1. The van der Waals surface area contributed by atoms with Gasteiger partial charge in [0, 0.05) is 18.2 Å². The highest BCUT2D eigenvalue weighted by atomic mass is 32.2. The van der Waals surface area contributed by atoms with Crippen molar-refractivity contribution in [3.63, 3.8) is 0 Å². The maximum absolute atomic E-state index is 13.4. The summed E-state index contributed by atoms with van der Waals surface area (Å²) in [4.78, 5) is 15.8. The summed E-state index contributed by atoms with van der Waals surface area (Å²) < 4.78 is 26.4. The average molecular weight is 372 g/mol. The average Bonchev–Trinajstić information content (AvgIpc) is 3.05. The smallest absolute Gasteiger partial charge is 0.276 e. The van der Waals surface area contributed by atoms with Crippen LogP contribution < -0.4 is 10.3 Å². The van der Waals surface area contributed by atoms with E-state index < -0.39 is 12.0 Å². The number of hydrazone groups is 1. The predicted molar refractivity (Wildman–Crippen MR) is 96.9 cm³/mol. The second-order valence-electron chi connectivity index (χ2n) is 5.73. The van der Waals surface area contributed by atoms with Gasteiger partial charge in [-0.1, -0.05) is 30.0 Å². The van der Waals surface area contributed by atoms with Crippen molar-refractivity contribution in [3.05, 3.63) is 78.1 Å². The Morgan fingerprint density at radius 2 is 1.88 bits per heavy atom. The summed E-state index contributed by atoms with van der Waals surface area (Å²) in [6.07, 6.45) is 2.65. The van der Waals surface area contributed by atoms with Crippen LogP contribution in [-0.2, 0) is 10.5 Å². The van der Waals surface area contributed by atoms with Gasteiger partial charge in [-0.25, -0.2) is 8.78 Å². The van der Waals surface area contributed by atoms with E-state index >= 15 is 0 Å². The molecular formula is C18H14F2N4OS. The number of nitrogens with zero attached hydrogens (tertiary/aromatic N) is 3. The fourth-order valence-corrected chi connectivity index (χ4v) is 3.61. The molecular weight excluding hydrogens is 358 g/mol.